The predicted molar refractivity (Wildman–Crippen MR) is 255 cm³/mol. The molecule has 0 N–H and O–H groups in total. The van der Waals surface area contributed by atoms with Gasteiger partial charge in [0.25, 0.3) is 0 Å². The summed E-state index contributed by atoms with van der Waals surface area (Å²) in [5, 5.41) is -0.977. The molecule has 0 aromatic heterocycles. The first-order valence-corrected chi connectivity index (χ1v) is 36.0. The Kier molecular flexibility index (Phi) is 17.2. The largest absolute Gasteiger partial charge is 0.229 e. The maximum absolute atomic E-state index is 13.8. The van der Waals surface area contributed by atoms with E-state index in [0.29, 0.717) is 154 Å². The van der Waals surface area contributed by atoms with Crippen LogP contribution >= 0.6 is 0 Å². The van der Waals surface area contributed by atoms with E-state index in [9.17, 15) is 50.5 Å². The van der Waals surface area contributed by atoms with Gasteiger partial charge in [0, 0.05) is 0 Å². The predicted octanol–water partition coefficient (Wildman–Crippen LogP) is 6.83. The molecule has 10 aliphatic heterocycles. The monoisotopic (exact) mass is 1020 g/mol. The Bertz CT molecular complexity index is 2060. The lowest BCUT2D eigenvalue weighted by molar-refractivity contribution is 0.297. The Morgan fingerprint density at radius 2 is 0.281 bits per heavy atom. The highest BCUT2D eigenvalue weighted by atomic mass is 32.2. The topological polar surface area (TPSA) is 205 Å². The second-order valence-electron chi connectivity index (χ2n) is 22.8. The van der Waals surface area contributed by atoms with Gasteiger partial charge in [0.2, 0.25) is 0 Å². The lowest BCUT2D eigenvalue weighted by Crippen LogP contribution is -2.39. The van der Waals surface area contributed by atoms with Gasteiger partial charge in [-0.05, 0) is 213 Å². The number of rotatable bonds is 0. The van der Waals surface area contributed by atoms with Gasteiger partial charge in [-0.2, -0.15) is 0 Å². The fourth-order valence-electron chi connectivity index (χ4n) is 13.7. The molecule has 16 rings (SSSR count). The third-order valence-corrected chi connectivity index (χ3v) is 29.9. The zero-order valence-corrected chi connectivity index (χ0v) is 43.2. The van der Waals surface area contributed by atoms with Gasteiger partial charge >= 0.3 is 0 Å². The summed E-state index contributed by atoms with van der Waals surface area (Å²) in [6, 6.07) is 0. The quantitative estimate of drug-likeness (QED) is 0.245. The summed E-state index contributed by atoms with van der Waals surface area (Å²) in [5.74, 6) is 1.03. The standard InChI is InChI=1S/C46H80O12S6/c47-59(48)25-35-1-5-37(6-2-35)27-60(49,50)29-39-9-13-41(14-10-39)31-62(53,54)33-43-17-21-45(22-18-43)64(57,58)46-23-19-44(20-24-46)34-63(55,56)32-42-15-11-40(12-16-42)30-61(51,52)28-38-7-3-36(26-59)4-8-38/h35-46H,1-34H2/t35-,36-,37+,38+,39-,40-,41+,42+,43-,44-,45+,46+. The highest BCUT2D eigenvalue weighted by molar-refractivity contribution is 7.93. The van der Waals surface area contributed by atoms with Crippen molar-refractivity contribution in [3.8, 4) is 0 Å². The summed E-state index contributed by atoms with van der Waals surface area (Å²) < 4.78 is 161. The van der Waals surface area contributed by atoms with Crippen LogP contribution in [0.2, 0.25) is 0 Å². The molecule has 6 aliphatic carbocycles. The van der Waals surface area contributed by atoms with Gasteiger partial charge in [0.05, 0.1) is 68.0 Å². The smallest absolute Gasteiger partial charge is 0.156 e. The number of hydrogen-bond acceptors (Lipinski definition) is 12. The first kappa shape index (κ1) is 51.5. The van der Waals surface area contributed by atoms with Crippen LogP contribution in [0.5, 0.6) is 0 Å². The molecule has 16 fully saturated rings. The van der Waals surface area contributed by atoms with E-state index in [1.807, 2.05) is 0 Å². The fraction of sp³-hybridized carbons (Fsp3) is 1.00. The normalized spacial score (nSPS) is 42.4. The number of sulfone groups is 6. The SMILES string of the molecule is O=S1(=O)C[C@H]2CC[C@H](CC2)CS(=O)(=O)C[C@H]2CC[C@H](CC2)CS(=O)(=O)C[C@H]2CC[C@H](CC2)S(=O)(=O)[C@@H]2CC[C@@H](CC2)CS(=O)(=O)C[C@@H]2CC[C@@H](CC2)CS(=O)(=O)C[C@@H]2CC[C@@H](CC2)C1. The van der Waals surface area contributed by atoms with Crippen LogP contribution in [0.25, 0.3) is 0 Å². The van der Waals surface area contributed by atoms with Crippen molar-refractivity contribution in [3.63, 3.8) is 0 Å². The summed E-state index contributed by atoms with van der Waals surface area (Å²) in [5.41, 5.74) is 0. The van der Waals surface area contributed by atoms with Crippen LogP contribution in [0.4, 0.5) is 0 Å². The molecule has 64 heavy (non-hydrogen) atoms. The zero-order valence-electron chi connectivity index (χ0n) is 38.3. The first-order valence-electron chi connectivity index (χ1n) is 25.2. The van der Waals surface area contributed by atoms with Crippen molar-refractivity contribution in [2.24, 2.45) is 59.2 Å². The van der Waals surface area contributed by atoms with E-state index in [-0.39, 0.29) is 117 Å². The Morgan fingerprint density at radius 3 is 0.406 bits per heavy atom. The zero-order chi connectivity index (χ0) is 46.0. The molecule has 0 spiro atoms. The highest BCUT2D eigenvalue weighted by Crippen LogP contribution is 2.40. The van der Waals surface area contributed by atoms with Crippen LogP contribution in [0.3, 0.4) is 0 Å². The molecule has 10 heterocycles. The van der Waals surface area contributed by atoms with Crippen LogP contribution in [-0.4, -0.2) is 119 Å². The summed E-state index contributed by atoms with van der Waals surface area (Å²) in [6.07, 6.45) is 15.1. The van der Waals surface area contributed by atoms with Crippen LogP contribution in [0, 0.1) is 59.2 Å². The van der Waals surface area contributed by atoms with Gasteiger partial charge in [-0.15, -0.1) is 0 Å². The molecule has 372 valence electrons. The third-order valence-electron chi connectivity index (χ3n) is 17.3. The Hall–Kier alpha value is -0.300. The molecule has 12 nitrogen and oxygen atoms in total. The van der Waals surface area contributed by atoms with Crippen LogP contribution in [0.1, 0.15) is 154 Å². The molecular weight excluding hydrogens is 937 g/mol. The van der Waals surface area contributed by atoms with E-state index in [2.05, 4.69) is 0 Å². The summed E-state index contributed by atoms with van der Waals surface area (Å²) in [7, 11) is -20.1. The van der Waals surface area contributed by atoms with Crippen molar-refractivity contribution >= 4 is 59.0 Å². The van der Waals surface area contributed by atoms with Crippen molar-refractivity contribution < 1.29 is 50.5 Å². The molecule has 0 radical (unpaired) electrons. The summed E-state index contributed by atoms with van der Waals surface area (Å²) in [6.45, 7) is 0. The molecular formula is C46H80O12S6. The molecule has 6 saturated carbocycles. The van der Waals surface area contributed by atoms with Gasteiger partial charge in [-0.25, -0.2) is 50.5 Å². The van der Waals surface area contributed by atoms with Crippen LogP contribution in [-0.2, 0) is 59.0 Å². The fourth-order valence-corrected chi connectivity index (χ4v) is 27.3. The molecule has 10 saturated heterocycles. The molecule has 0 aromatic carbocycles. The molecule has 0 aromatic rings. The second-order valence-corrected chi connectivity index (χ2v) is 36.1. The third kappa shape index (κ3) is 15.3. The Balaban J connectivity index is 0.943. The van der Waals surface area contributed by atoms with Gasteiger partial charge in [-0.3, -0.25) is 0 Å². The van der Waals surface area contributed by atoms with E-state index >= 15 is 0 Å². The maximum Gasteiger partial charge on any atom is 0.156 e. The lowest BCUT2D eigenvalue weighted by Gasteiger charge is -2.34. The van der Waals surface area contributed by atoms with E-state index in [1.54, 1.807) is 0 Å². The average Bonchev–Trinajstić information content (AvgIpc) is 3.20. The Morgan fingerprint density at radius 1 is 0.172 bits per heavy atom. The summed E-state index contributed by atoms with van der Waals surface area (Å²) >= 11 is 0. The van der Waals surface area contributed by atoms with E-state index in [4.69, 9.17) is 0 Å². The molecule has 0 amide bonds. The summed E-state index contributed by atoms with van der Waals surface area (Å²) in [4.78, 5) is 0. The van der Waals surface area contributed by atoms with Crippen molar-refractivity contribution in [3.05, 3.63) is 0 Å². The van der Waals surface area contributed by atoms with Crippen molar-refractivity contribution in [1.82, 2.24) is 0 Å². The minimum Gasteiger partial charge on any atom is -0.229 e. The Labute approximate surface area is 388 Å². The minimum absolute atomic E-state index is 0.00110. The minimum atomic E-state index is -3.43. The molecule has 16 aliphatic rings. The van der Waals surface area contributed by atoms with Crippen molar-refractivity contribution in [2.75, 3.05) is 57.5 Å². The van der Waals surface area contributed by atoms with Crippen molar-refractivity contribution in [1.29, 1.82) is 0 Å². The van der Waals surface area contributed by atoms with Gasteiger partial charge in [0.15, 0.2) is 59.0 Å². The molecule has 0 unspecified atom stereocenters. The lowest BCUT2D eigenvalue weighted by atomic mass is 9.84. The van der Waals surface area contributed by atoms with Gasteiger partial charge in [0.1, 0.15) is 0 Å². The van der Waals surface area contributed by atoms with E-state index in [0.717, 1.165) is 0 Å². The molecule has 12 bridgehead atoms. The van der Waals surface area contributed by atoms with Crippen LogP contribution in [0.15, 0.2) is 0 Å². The van der Waals surface area contributed by atoms with E-state index in [1.165, 1.54) is 0 Å². The first-order chi connectivity index (χ1) is 30.0. The van der Waals surface area contributed by atoms with Crippen molar-refractivity contribution in [2.45, 2.75) is 165 Å². The van der Waals surface area contributed by atoms with Gasteiger partial charge in [-0.1, -0.05) is 0 Å². The maximum atomic E-state index is 13.8. The number of hydrogen-bond donors (Lipinski definition) is 0. The highest BCUT2D eigenvalue weighted by Gasteiger charge is 2.41. The molecule has 0 atom stereocenters. The van der Waals surface area contributed by atoms with E-state index < -0.39 is 69.5 Å². The van der Waals surface area contributed by atoms with Gasteiger partial charge < -0.3 is 0 Å². The van der Waals surface area contributed by atoms with Crippen LogP contribution < -0.4 is 0 Å². The second kappa shape index (κ2) is 21.4. The average molecular weight is 1020 g/mol. The molecule has 18 heteroatoms.